The van der Waals surface area contributed by atoms with Crippen LogP contribution < -0.4 is 0 Å². The molecule has 2 saturated heterocycles. The molecule has 27 heavy (non-hydrogen) atoms. The fourth-order valence-electron chi connectivity index (χ4n) is 4.10. The Morgan fingerprint density at radius 2 is 1.89 bits per heavy atom. The lowest BCUT2D eigenvalue weighted by Gasteiger charge is -2.25. The van der Waals surface area contributed by atoms with Crippen LogP contribution in [0.1, 0.15) is 53.2 Å². The molecule has 5 heteroatoms. The van der Waals surface area contributed by atoms with Gasteiger partial charge in [-0.3, -0.25) is 9.59 Å². The highest BCUT2D eigenvalue weighted by molar-refractivity contribution is 5.95. The van der Waals surface area contributed by atoms with Gasteiger partial charge in [0.1, 0.15) is 5.82 Å². The second-order valence-corrected chi connectivity index (χ2v) is 7.33. The minimum atomic E-state index is -0.265. The number of benzene rings is 2. The van der Waals surface area contributed by atoms with E-state index in [0.29, 0.717) is 25.1 Å². The first-order chi connectivity index (χ1) is 13.1. The molecule has 140 valence electrons. The Hall–Kier alpha value is -2.69. The number of likely N-dealkylation sites (tertiary alicyclic amines) is 2. The summed E-state index contributed by atoms with van der Waals surface area (Å²) in [6.07, 6.45) is 3.35. The van der Waals surface area contributed by atoms with E-state index in [9.17, 15) is 14.0 Å². The molecule has 4 nitrogen and oxygen atoms in total. The highest BCUT2D eigenvalue weighted by Gasteiger charge is 2.30. The molecule has 0 bridgehead atoms. The third-order valence-corrected chi connectivity index (χ3v) is 5.49. The molecule has 2 aromatic rings. The third kappa shape index (κ3) is 3.72. The average Bonchev–Trinajstić information content (AvgIpc) is 3.32. The lowest BCUT2D eigenvalue weighted by molar-refractivity contribution is -0.128. The zero-order valence-corrected chi connectivity index (χ0v) is 15.2. The van der Waals surface area contributed by atoms with Crippen molar-refractivity contribution < 1.29 is 14.0 Å². The summed E-state index contributed by atoms with van der Waals surface area (Å²) >= 11 is 0. The Labute approximate surface area is 158 Å². The van der Waals surface area contributed by atoms with Gasteiger partial charge in [0.15, 0.2) is 0 Å². The number of carbonyl (C=O) groups is 2. The Bertz CT molecular complexity index is 850. The van der Waals surface area contributed by atoms with Gasteiger partial charge in [-0.15, -0.1) is 0 Å². The van der Waals surface area contributed by atoms with Crippen LogP contribution in [0.2, 0.25) is 0 Å². The van der Waals surface area contributed by atoms with Gasteiger partial charge in [-0.25, -0.2) is 4.39 Å². The predicted molar refractivity (Wildman–Crippen MR) is 101 cm³/mol. The van der Waals surface area contributed by atoms with Crippen LogP contribution in [0.25, 0.3) is 0 Å². The molecule has 0 saturated carbocycles. The smallest absolute Gasteiger partial charge is 0.254 e. The molecule has 2 heterocycles. The van der Waals surface area contributed by atoms with Gasteiger partial charge in [-0.05, 0) is 54.7 Å². The maximum atomic E-state index is 13.2. The van der Waals surface area contributed by atoms with Crippen molar-refractivity contribution in [3.63, 3.8) is 0 Å². The fraction of sp³-hybridized carbons (Fsp3) is 0.364. The summed E-state index contributed by atoms with van der Waals surface area (Å²) < 4.78 is 13.2. The summed E-state index contributed by atoms with van der Waals surface area (Å²) in [5.74, 6) is -0.0853. The quantitative estimate of drug-likeness (QED) is 0.823. The molecule has 0 N–H and O–H groups in total. The molecular weight excluding hydrogens is 343 g/mol. The van der Waals surface area contributed by atoms with Gasteiger partial charge in [-0.2, -0.15) is 0 Å². The summed E-state index contributed by atoms with van der Waals surface area (Å²) in [7, 11) is 0. The lowest BCUT2D eigenvalue weighted by Crippen LogP contribution is -2.30. The Morgan fingerprint density at radius 3 is 2.63 bits per heavy atom. The van der Waals surface area contributed by atoms with E-state index in [1.54, 1.807) is 12.1 Å². The molecule has 2 aliphatic heterocycles. The molecular formula is C22H23FN2O2. The number of hydrogen-bond acceptors (Lipinski definition) is 2. The molecule has 0 aliphatic carbocycles. The topological polar surface area (TPSA) is 40.6 Å². The first-order valence-corrected chi connectivity index (χ1v) is 9.55. The van der Waals surface area contributed by atoms with Crippen LogP contribution in [-0.4, -0.2) is 34.7 Å². The van der Waals surface area contributed by atoms with E-state index in [-0.39, 0.29) is 23.7 Å². The van der Waals surface area contributed by atoms with E-state index in [1.807, 2.05) is 34.1 Å². The predicted octanol–water partition coefficient (Wildman–Crippen LogP) is 3.93. The van der Waals surface area contributed by atoms with Crippen molar-refractivity contribution in [3.05, 3.63) is 71.0 Å². The Morgan fingerprint density at radius 1 is 1.07 bits per heavy atom. The van der Waals surface area contributed by atoms with Gasteiger partial charge in [0.2, 0.25) is 5.91 Å². The largest absolute Gasteiger partial charge is 0.338 e. The number of nitrogens with zero attached hydrogens (tertiary/aromatic N) is 2. The maximum absolute atomic E-state index is 13.2. The van der Waals surface area contributed by atoms with Crippen molar-refractivity contribution in [2.24, 2.45) is 0 Å². The highest BCUT2D eigenvalue weighted by Crippen LogP contribution is 2.33. The normalized spacial score (nSPS) is 19.7. The molecule has 1 unspecified atom stereocenters. The summed E-state index contributed by atoms with van der Waals surface area (Å²) in [6.45, 7) is 2.05. The third-order valence-electron chi connectivity index (χ3n) is 5.49. The van der Waals surface area contributed by atoms with Crippen LogP contribution in [-0.2, 0) is 11.3 Å². The van der Waals surface area contributed by atoms with Gasteiger partial charge in [0.25, 0.3) is 5.91 Å². The van der Waals surface area contributed by atoms with Gasteiger partial charge < -0.3 is 9.80 Å². The lowest BCUT2D eigenvalue weighted by atomic mass is 10.0. The number of rotatable bonds is 4. The minimum absolute atomic E-state index is 0.00331. The number of amides is 2. The Balaban J connectivity index is 1.52. The maximum Gasteiger partial charge on any atom is 0.254 e. The molecule has 2 amide bonds. The van der Waals surface area contributed by atoms with E-state index < -0.39 is 0 Å². The fourth-order valence-corrected chi connectivity index (χ4v) is 4.10. The molecule has 0 spiro atoms. The molecule has 1 atom stereocenters. The zero-order valence-electron chi connectivity index (χ0n) is 15.2. The number of carbonyl (C=O) groups excluding carboxylic acids is 2. The van der Waals surface area contributed by atoms with Crippen molar-refractivity contribution in [1.29, 1.82) is 0 Å². The van der Waals surface area contributed by atoms with Gasteiger partial charge >= 0.3 is 0 Å². The van der Waals surface area contributed by atoms with Crippen molar-refractivity contribution >= 4 is 11.8 Å². The summed E-state index contributed by atoms with van der Waals surface area (Å²) in [5.41, 5.74) is 2.60. The summed E-state index contributed by atoms with van der Waals surface area (Å²) in [5, 5.41) is 0. The van der Waals surface area contributed by atoms with Crippen LogP contribution in [0.5, 0.6) is 0 Å². The molecule has 2 fully saturated rings. The first-order valence-electron chi connectivity index (χ1n) is 9.55. The van der Waals surface area contributed by atoms with Crippen LogP contribution >= 0.6 is 0 Å². The second-order valence-electron chi connectivity index (χ2n) is 7.33. The van der Waals surface area contributed by atoms with Crippen LogP contribution in [0.3, 0.4) is 0 Å². The summed E-state index contributed by atoms with van der Waals surface area (Å²) in [4.78, 5) is 28.7. The molecule has 4 rings (SSSR count). The number of hydrogen-bond donors (Lipinski definition) is 0. The number of halogens is 1. The zero-order chi connectivity index (χ0) is 18.8. The molecule has 0 radical (unpaired) electrons. The van der Waals surface area contributed by atoms with E-state index in [1.165, 1.54) is 12.1 Å². The minimum Gasteiger partial charge on any atom is -0.338 e. The van der Waals surface area contributed by atoms with E-state index in [2.05, 4.69) is 0 Å². The first kappa shape index (κ1) is 17.7. The standard InChI is InChI=1S/C22H23FN2O2/c23-19-10-8-17(9-11-19)20-6-2-13-25(20)22(27)18-5-1-4-16(14-18)15-24-12-3-7-21(24)26/h1,4-5,8-11,14,20H,2-3,6-7,12-13,15H2. The monoisotopic (exact) mass is 366 g/mol. The SMILES string of the molecule is O=C1CCCN1Cc1cccc(C(=O)N2CCCC2c2ccc(F)cc2)c1. The van der Waals surface area contributed by atoms with Crippen molar-refractivity contribution in [2.75, 3.05) is 13.1 Å². The van der Waals surface area contributed by atoms with E-state index in [0.717, 1.165) is 36.9 Å². The van der Waals surface area contributed by atoms with Crippen LogP contribution in [0.15, 0.2) is 48.5 Å². The summed E-state index contributed by atoms with van der Waals surface area (Å²) in [6, 6.07) is 14.0. The van der Waals surface area contributed by atoms with Crippen LogP contribution in [0.4, 0.5) is 4.39 Å². The van der Waals surface area contributed by atoms with Crippen LogP contribution in [0, 0.1) is 5.82 Å². The van der Waals surface area contributed by atoms with Crippen molar-refractivity contribution in [3.8, 4) is 0 Å². The van der Waals surface area contributed by atoms with Gasteiger partial charge in [-0.1, -0.05) is 24.3 Å². The molecule has 2 aliphatic rings. The van der Waals surface area contributed by atoms with Gasteiger partial charge in [0.05, 0.1) is 6.04 Å². The second kappa shape index (κ2) is 7.51. The van der Waals surface area contributed by atoms with E-state index in [4.69, 9.17) is 0 Å². The Kier molecular flexibility index (Phi) is 4.92. The van der Waals surface area contributed by atoms with Crippen molar-refractivity contribution in [1.82, 2.24) is 9.80 Å². The molecule has 0 aromatic heterocycles. The highest BCUT2D eigenvalue weighted by atomic mass is 19.1. The molecule has 2 aromatic carbocycles. The van der Waals surface area contributed by atoms with Gasteiger partial charge in [0, 0.05) is 31.6 Å². The van der Waals surface area contributed by atoms with E-state index >= 15 is 0 Å². The average molecular weight is 366 g/mol. The van der Waals surface area contributed by atoms with Crippen molar-refractivity contribution in [2.45, 2.75) is 38.3 Å².